The third-order valence-corrected chi connectivity index (χ3v) is 3.25. The summed E-state index contributed by atoms with van der Waals surface area (Å²) in [5.41, 5.74) is 3.60. The maximum absolute atomic E-state index is 5.46. The fourth-order valence-corrected chi connectivity index (χ4v) is 2.27. The SMILES string of the molecule is c1ccc2ncc(Nc3coc4cnccc34)cc2c1. The number of furan rings is 1. The number of fused-ring (bicyclic) bond motifs is 2. The van der Waals surface area contributed by atoms with Gasteiger partial charge < -0.3 is 9.73 Å². The van der Waals surface area contributed by atoms with Crippen LogP contribution in [-0.2, 0) is 0 Å². The Morgan fingerprint density at radius 2 is 2.00 bits per heavy atom. The molecule has 3 heterocycles. The van der Waals surface area contributed by atoms with Crippen LogP contribution < -0.4 is 5.32 Å². The Kier molecular flexibility index (Phi) is 2.39. The minimum absolute atomic E-state index is 0.767. The van der Waals surface area contributed by atoms with Crippen LogP contribution in [0.25, 0.3) is 21.9 Å². The molecule has 4 nitrogen and oxygen atoms in total. The molecule has 0 fully saturated rings. The molecule has 0 aliphatic rings. The van der Waals surface area contributed by atoms with Crippen LogP contribution in [-0.4, -0.2) is 9.97 Å². The summed E-state index contributed by atoms with van der Waals surface area (Å²) < 4.78 is 5.46. The summed E-state index contributed by atoms with van der Waals surface area (Å²) in [6.07, 6.45) is 6.98. The Morgan fingerprint density at radius 1 is 1.05 bits per heavy atom. The average molecular weight is 261 g/mol. The number of nitrogens with one attached hydrogen (secondary N) is 1. The Hall–Kier alpha value is -2.88. The molecule has 0 spiro atoms. The lowest BCUT2D eigenvalue weighted by molar-refractivity contribution is 0.615. The van der Waals surface area contributed by atoms with Crippen molar-refractivity contribution < 1.29 is 4.42 Å². The summed E-state index contributed by atoms with van der Waals surface area (Å²) >= 11 is 0. The molecule has 4 rings (SSSR count). The van der Waals surface area contributed by atoms with Crippen molar-refractivity contribution in [3.05, 3.63) is 61.3 Å². The number of para-hydroxylation sites is 1. The van der Waals surface area contributed by atoms with Crippen molar-refractivity contribution in [3.63, 3.8) is 0 Å². The van der Waals surface area contributed by atoms with Crippen molar-refractivity contribution in [2.24, 2.45) is 0 Å². The molecule has 0 aliphatic heterocycles. The summed E-state index contributed by atoms with van der Waals surface area (Å²) in [6, 6.07) is 12.0. The van der Waals surface area contributed by atoms with Crippen LogP contribution in [0.1, 0.15) is 0 Å². The van der Waals surface area contributed by atoms with Crippen LogP contribution in [0, 0.1) is 0 Å². The van der Waals surface area contributed by atoms with E-state index in [1.807, 2.05) is 36.5 Å². The topological polar surface area (TPSA) is 51.0 Å². The quantitative estimate of drug-likeness (QED) is 0.589. The summed E-state index contributed by atoms with van der Waals surface area (Å²) in [4.78, 5) is 8.48. The van der Waals surface area contributed by atoms with E-state index in [-0.39, 0.29) is 0 Å². The van der Waals surface area contributed by atoms with Crippen molar-refractivity contribution in [1.82, 2.24) is 9.97 Å². The number of hydrogen-bond donors (Lipinski definition) is 1. The van der Waals surface area contributed by atoms with Crippen molar-refractivity contribution in [3.8, 4) is 0 Å². The highest BCUT2D eigenvalue weighted by Crippen LogP contribution is 2.28. The highest BCUT2D eigenvalue weighted by atomic mass is 16.3. The predicted molar refractivity (Wildman–Crippen MR) is 79.0 cm³/mol. The van der Waals surface area contributed by atoms with Crippen LogP contribution in [0.15, 0.2) is 65.7 Å². The van der Waals surface area contributed by atoms with Crippen LogP contribution in [0.4, 0.5) is 11.4 Å². The van der Waals surface area contributed by atoms with Gasteiger partial charge in [-0.15, -0.1) is 0 Å². The molecule has 0 bridgehead atoms. The van der Waals surface area contributed by atoms with E-state index in [2.05, 4.69) is 21.4 Å². The Labute approximate surface area is 115 Å². The Balaban J connectivity index is 1.76. The fraction of sp³-hybridized carbons (Fsp3) is 0. The third-order valence-electron chi connectivity index (χ3n) is 3.25. The normalized spacial score (nSPS) is 11.0. The lowest BCUT2D eigenvalue weighted by atomic mass is 10.2. The van der Waals surface area contributed by atoms with E-state index in [0.29, 0.717) is 0 Å². The van der Waals surface area contributed by atoms with Gasteiger partial charge in [0.1, 0.15) is 6.26 Å². The second-order valence-electron chi connectivity index (χ2n) is 4.56. The highest BCUT2D eigenvalue weighted by molar-refractivity contribution is 5.92. The number of nitrogens with zero attached hydrogens (tertiary/aromatic N) is 2. The first-order chi connectivity index (χ1) is 9.90. The Bertz CT molecular complexity index is 898. The van der Waals surface area contributed by atoms with Gasteiger partial charge in [-0.2, -0.15) is 0 Å². The van der Waals surface area contributed by atoms with Gasteiger partial charge in [-0.3, -0.25) is 9.97 Å². The zero-order chi connectivity index (χ0) is 13.4. The van der Waals surface area contributed by atoms with Crippen LogP contribution >= 0.6 is 0 Å². The van der Waals surface area contributed by atoms with Gasteiger partial charge in [-0.05, 0) is 18.2 Å². The number of rotatable bonds is 2. The van der Waals surface area contributed by atoms with E-state index in [9.17, 15) is 0 Å². The largest absolute Gasteiger partial charge is 0.460 e. The molecule has 0 saturated heterocycles. The van der Waals surface area contributed by atoms with Gasteiger partial charge in [-0.1, -0.05) is 18.2 Å². The lowest BCUT2D eigenvalue weighted by Gasteiger charge is -2.05. The van der Waals surface area contributed by atoms with E-state index in [1.54, 1.807) is 18.7 Å². The predicted octanol–water partition coefficient (Wildman–Crippen LogP) is 4.12. The average Bonchev–Trinajstić information content (AvgIpc) is 2.91. The van der Waals surface area contributed by atoms with E-state index < -0.39 is 0 Å². The molecule has 3 aromatic heterocycles. The second kappa shape index (κ2) is 4.35. The molecule has 0 saturated carbocycles. The van der Waals surface area contributed by atoms with E-state index >= 15 is 0 Å². The van der Waals surface area contributed by atoms with Crippen molar-refractivity contribution in [2.45, 2.75) is 0 Å². The zero-order valence-corrected chi connectivity index (χ0v) is 10.6. The molecule has 0 amide bonds. The number of anilines is 2. The summed E-state index contributed by atoms with van der Waals surface area (Å²) in [7, 11) is 0. The van der Waals surface area contributed by atoms with Crippen LogP contribution in [0.5, 0.6) is 0 Å². The van der Waals surface area contributed by atoms with E-state index in [1.165, 1.54) is 0 Å². The molecule has 0 radical (unpaired) electrons. The number of benzene rings is 1. The van der Waals surface area contributed by atoms with Gasteiger partial charge >= 0.3 is 0 Å². The molecule has 4 aromatic rings. The zero-order valence-electron chi connectivity index (χ0n) is 10.6. The fourth-order valence-electron chi connectivity index (χ4n) is 2.27. The minimum Gasteiger partial charge on any atom is -0.460 e. The molecule has 0 unspecified atom stereocenters. The molecule has 0 aliphatic carbocycles. The summed E-state index contributed by atoms with van der Waals surface area (Å²) in [5.74, 6) is 0. The highest BCUT2D eigenvalue weighted by Gasteiger charge is 2.06. The molecule has 4 heteroatoms. The van der Waals surface area contributed by atoms with Crippen molar-refractivity contribution in [1.29, 1.82) is 0 Å². The first-order valence-corrected chi connectivity index (χ1v) is 6.33. The molecule has 0 atom stereocenters. The maximum atomic E-state index is 5.46. The van der Waals surface area contributed by atoms with Gasteiger partial charge in [0, 0.05) is 17.0 Å². The van der Waals surface area contributed by atoms with Crippen molar-refractivity contribution >= 4 is 33.2 Å². The monoisotopic (exact) mass is 261 g/mol. The van der Waals surface area contributed by atoms with E-state index in [0.717, 1.165) is 33.2 Å². The van der Waals surface area contributed by atoms with Crippen LogP contribution in [0.2, 0.25) is 0 Å². The first kappa shape index (κ1) is 11.0. The van der Waals surface area contributed by atoms with Gasteiger partial charge in [0.25, 0.3) is 0 Å². The van der Waals surface area contributed by atoms with Crippen molar-refractivity contribution in [2.75, 3.05) is 5.32 Å². The molecule has 20 heavy (non-hydrogen) atoms. The molecule has 1 N–H and O–H groups in total. The smallest absolute Gasteiger partial charge is 0.154 e. The molecular weight excluding hydrogens is 250 g/mol. The Morgan fingerprint density at radius 3 is 3.00 bits per heavy atom. The van der Waals surface area contributed by atoms with Gasteiger partial charge in [0.15, 0.2) is 5.58 Å². The van der Waals surface area contributed by atoms with E-state index in [4.69, 9.17) is 4.42 Å². The maximum Gasteiger partial charge on any atom is 0.154 e. The van der Waals surface area contributed by atoms with Gasteiger partial charge in [-0.25, -0.2) is 0 Å². The first-order valence-electron chi connectivity index (χ1n) is 6.33. The minimum atomic E-state index is 0.767. The number of pyridine rings is 2. The number of aromatic nitrogens is 2. The standard InChI is InChI=1S/C16H11N3O/c1-2-4-14-11(3-1)7-12(8-18-14)19-15-10-20-16-9-17-6-5-13(15)16/h1-10,19H. The molecule has 96 valence electrons. The second-order valence-corrected chi connectivity index (χ2v) is 4.56. The van der Waals surface area contributed by atoms with Gasteiger partial charge in [0.05, 0.1) is 29.3 Å². The molecular formula is C16H11N3O. The summed E-state index contributed by atoms with van der Waals surface area (Å²) in [5, 5.41) is 5.45. The van der Waals surface area contributed by atoms with Crippen LogP contribution in [0.3, 0.4) is 0 Å². The third kappa shape index (κ3) is 1.78. The molecule has 1 aromatic carbocycles. The number of hydrogen-bond acceptors (Lipinski definition) is 4. The van der Waals surface area contributed by atoms with Gasteiger partial charge in [0.2, 0.25) is 0 Å². The lowest BCUT2D eigenvalue weighted by Crippen LogP contribution is -1.90. The summed E-state index contributed by atoms with van der Waals surface area (Å²) in [6.45, 7) is 0.